The molecule has 0 atom stereocenters. The summed E-state index contributed by atoms with van der Waals surface area (Å²) >= 11 is 3.25. The van der Waals surface area contributed by atoms with Crippen molar-refractivity contribution in [2.75, 3.05) is 13.1 Å². The molecule has 98 valence electrons. The number of benzene rings is 1. The van der Waals surface area contributed by atoms with Crippen molar-refractivity contribution in [1.82, 2.24) is 4.72 Å². The number of nitrogens with two attached hydrogens (primary N) is 1. The fraction of sp³-hybridized carbons (Fsp3) is 0.400. The quantitative estimate of drug-likeness (QED) is 0.801. The van der Waals surface area contributed by atoms with Gasteiger partial charge in [-0.2, -0.15) is 0 Å². The van der Waals surface area contributed by atoms with Crippen LogP contribution < -0.4 is 10.5 Å². The highest BCUT2D eigenvalue weighted by Crippen LogP contribution is 2.22. The van der Waals surface area contributed by atoms with Crippen LogP contribution >= 0.6 is 28.3 Å². The lowest BCUT2D eigenvalue weighted by Gasteiger charge is -2.08. The van der Waals surface area contributed by atoms with Gasteiger partial charge >= 0.3 is 0 Å². The minimum Gasteiger partial charge on any atom is -0.330 e. The molecular formula is C10H16BrClN2O2S. The molecule has 0 saturated carbocycles. The van der Waals surface area contributed by atoms with Crippen LogP contribution in [0, 0.1) is 6.92 Å². The van der Waals surface area contributed by atoms with Crippen molar-refractivity contribution in [3.63, 3.8) is 0 Å². The molecule has 0 aliphatic rings. The first-order valence-electron chi connectivity index (χ1n) is 4.93. The minimum absolute atomic E-state index is 0. The largest absolute Gasteiger partial charge is 0.330 e. The van der Waals surface area contributed by atoms with Gasteiger partial charge in [-0.15, -0.1) is 12.4 Å². The molecule has 0 radical (unpaired) electrons. The molecule has 0 spiro atoms. The molecule has 1 rings (SSSR count). The smallest absolute Gasteiger partial charge is 0.241 e. The molecular weight excluding hydrogens is 328 g/mol. The van der Waals surface area contributed by atoms with Gasteiger partial charge in [-0.1, -0.05) is 6.07 Å². The summed E-state index contributed by atoms with van der Waals surface area (Å²) in [5.41, 5.74) is 6.31. The molecule has 0 aromatic heterocycles. The lowest BCUT2D eigenvalue weighted by molar-refractivity contribution is 0.579. The molecule has 0 aliphatic heterocycles. The Labute approximate surface area is 117 Å². The van der Waals surface area contributed by atoms with E-state index < -0.39 is 10.0 Å². The molecule has 0 fully saturated rings. The number of hydrogen-bond donors (Lipinski definition) is 2. The predicted molar refractivity (Wildman–Crippen MR) is 75.0 cm³/mol. The molecule has 0 saturated heterocycles. The van der Waals surface area contributed by atoms with E-state index in [0.29, 0.717) is 24.0 Å². The van der Waals surface area contributed by atoms with E-state index in [1.807, 2.05) is 6.92 Å². The van der Waals surface area contributed by atoms with Gasteiger partial charge in [0.1, 0.15) is 0 Å². The van der Waals surface area contributed by atoms with E-state index in [-0.39, 0.29) is 17.3 Å². The van der Waals surface area contributed by atoms with E-state index in [2.05, 4.69) is 20.7 Å². The molecule has 0 heterocycles. The van der Waals surface area contributed by atoms with Gasteiger partial charge in [0.2, 0.25) is 10.0 Å². The topological polar surface area (TPSA) is 72.2 Å². The van der Waals surface area contributed by atoms with E-state index in [0.717, 1.165) is 5.56 Å². The summed E-state index contributed by atoms with van der Waals surface area (Å²) in [6, 6.07) is 5.13. The van der Waals surface area contributed by atoms with Gasteiger partial charge in [-0.25, -0.2) is 13.1 Å². The Morgan fingerprint density at radius 2 is 2.06 bits per heavy atom. The van der Waals surface area contributed by atoms with Crippen LogP contribution in [0.4, 0.5) is 0 Å². The third kappa shape index (κ3) is 4.93. The van der Waals surface area contributed by atoms with Crippen molar-refractivity contribution in [1.29, 1.82) is 0 Å². The molecule has 1 aromatic carbocycles. The first-order valence-corrected chi connectivity index (χ1v) is 7.21. The first kappa shape index (κ1) is 16.9. The average molecular weight is 344 g/mol. The number of aryl methyl sites for hydroxylation is 1. The fourth-order valence-corrected chi connectivity index (χ4v) is 3.47. The number of halogens is 2. The van der Waals surface area contributed by atoms with Crippen LogP contribution in [-0.4, -0.2) is 21.5 Å². The Balaban J connectivity index is 0.00000256. The van der Waals surface area contributed by atoms with Crippen molar-refractivity contribution in [2.24, 2.45) is 5.73 Å². The summed E-state index contributed by atoms with van der Waals surface area (Å²) in [6.07, 6.45) is 0.628. The third-order valence-corrected chi connectivity index (χ3v) is 4.49. The molecule has 7 heteroatoms. The van der Waals surface area contributed by atoms with Gasteiger partial charge in [0.25, 0.3) is 0 Å². The predicted octanol–water partition coefficient (Wildman–Crippen LogP) is 1.81. The summed E-state index contributed by atoms with van der Waals surface area (Å²) in [7, 11) is -3.43. The Hall–Kier alpha value is -0.140. The first-order chi connectivity index (χ1) is 7.47. The second-order valence-electron chi connectivity index (χ2n) is 3.47. The van der Waals surface area contributed by atoms with Crippen LogP contribution in [0.5, 0.6) is 0 Å². The highest BCUT2D eigenvalue weighted by molar-refractivity contribution is 9.10. The Morgan fingerprint density at radius 1 is 1.41 bits per heavy atom. The average Bonchev–Trinajstić information content (AvgIpc) is 2.17. The van der Waals surface area contributed by atoms with Gasteiger partial charge in [0, 0.05) is 11.0 Å². The molecule has 17 heavy (non-hydrogen) atoms. The lowest BCUT2D eigenvalue weighted by atomic mass is 10.2. The van der Waals surface area contributed by atoms with Gasteiger partial charge in [-0.05, 0) is 53.5 Å². The normalized spacial score (nSPS) is 11.0. The highest BCUT2D eigenvalue weighted by Gasteiger charge is 2.16. The van der Waals surface area contributed by atoms with Crippen LogP contribution in [0.3, 0.4) is 0 Å². The monoisotopic (exact) mass is 342 g/mol. The zero-order chi connectivity index (χ0) is 12.2. The molecule has 1 aromatic rings. The third-order valence-electron chi connectivity index (χ3n) is 2.05. The van der Waals surface area contributed by atoms with E-state index in [1.54, 1.807) is 18.2 Å². The van der Waals surface area contributed by atoms with E-state index in [9.17, 15) is 8.42 Å². The van der Waals surface area contributed by atoms with Crippen molar-refractivity contribution < 1.29 is 8.42 Å². The fourth-order valence-electron chi connectivity index (χ4n) is 1.21. The van der Waals surface area contributed by atoms with Crippen molar-refractivity contribution in [2.45, 2.75) is 18.2 Å². The number of sulfonamides is 1. The van der Waals surface area contributed by atoms with Gasteiger partial charge < -0.3 is 5.73 Å². The van der Waals surface area contributed by atoms with Crippen LogP contribution in [0.25, 0.3) is 0 Å². The Kier molecular flexibility index (Phi) is 7.27. The molecule has 0 bridgehead atoms. The van der Waals surface area contributed by atoms with Crippen LogP contribution in [0.15, 0.2) is 27.6 Å². The van der Waals surface area contributed by atoms with Gasteiger partial charge in [-0.3, -0.25) is 0 Å². The number of hydrogen-bond acceptors (Lipinski definition) is 3. The van der Waals surface area contributed by atoms with Gasteiger partial charge in [0.15, 0.2) is 0 Å². The SMILES string of the molecule is Cc1ccc(S(=O)(=O)NCCCN)c(Br)c1.Cl. The number of nitrogens with one attached hydrogen (secondary N) is 1. The minimum atomic E-state index is -3.43. The van der Waals surface area contributed by atoms with Crippen molar-refractivity contribution in [3.05, 3.63) is 28.2 Å². The van der Waals surface area contributed by atoms with Crippen LogP contribution in [0.2, 0.25) is 0 Å². The van der Waals surface area contributed by atoms with E-state index in [1.165, 1.54) is 0 Å². The second kappa shape index (κ2) is 7.33. The van der Waals surface area contributed by atoms with Crippen molar-refractivity contribution in [3.8, 4) is 0 Å². The molecule has 4 nitrogen and oxygen atoms in total. The van der Waals surface area contributed by atoms with Gasteiger partial charge in [0.05, 0.1) is 4.90 Å². The standard InChI is InChI=1S/C10H15BrN2O2S.ClH/c1-8-3-4-10(9(11)7-8)16(14,15)13-6-2-5-12;/h3-4,7,13H,2,5-6,12H2,1H3;1H. The van der Waals surface area contributed by atoms with Crippen LogP contribution in [0.1, 0.15) is 12.0 Å². The highest BCUT2D eigenvalue weighted by atomic mass is 79.9. The summed E-state index contributed by atoms with van der Waals surface area (Å²) in [6.45, 7) is 2.74. The maximum absolute atomic E-state index is 11.9. The number of rotatable bonds is 5. The van der Waals surface area contributed by atoms with E-state index in [4.69, 9.17) is 5.73 Å². The summed E-state index contributed by atoms with van der Waals surface area (Å²) in [5.74, 6) is 0. The molecule has 0 amide bonds. The summed E-state index contributed by atoms with van der Waals surface area (Å²) in [5, 5.41) is 0. The molecule has 0 aliphatic carbocycles. The van der Waals surface area contributed by atoms with E-state index >= 15 is 0 Å². The summed E-state index contributed by atoms with van der Waals surface area (Å²) in [4.78, 5) is 0.259. The van der Waals surface area contributed by atoms with Crippen molar-refractivity contribution >= 4 is 38.4 Å². The maximum atomic E-state index is 11.9. The Bertz CT molecular complexity index is 465. The lowest BCUT2D eigenvalue weighted by Crippen LogP contribution is -2.26. The zero-order valence-electron chi connectivity index (χ0n) is 9.44. The maximum Gasteiger partial charge on any atom is 0.241 e. The van der Waals surface area contributed by atoms with Crippen LogP contribution in [-0.2, 0) is 10.0 Å². The molecule has 3 N–H and O–H groups in total. The second-order valence-corrected chi connectivity index (χ2v) is 6.06. The summed E-state index contributed by atoms with van der Waals surface area (Å²) < 4.78 is 26.8. The molecule has 0 unspecified atom stereocenters. The Morgan fingerprint density at radius 3 is 2.59 bits per heavy atom. The zero-order valence-corrected chi connectivity index (χ0v) is 12.7.